The van der Waals surface area contributed by atoms with Crippen LogP contribution in [0.25, 0.3) is 0 Å². The van der Waals surface area contributed by atoms with Gasteiger partial charge in [-0.3, -0.25) is 0 Å². The van der Waals surface area contributed by atoms with Gasteiger partial charge >= 0.3 is 0 Å². The number of rotatable bonds is 6. The summed E-state index contributed by atoms with van der Waals surface area (Å²) < 4.78 is 50.1. The third-order valence-corrected chi connectivity index (χ3v) is 5.26. The highest BCUT2D eigenvalue weighted by Crippen LogP contribution is 2.32. The Kier molecular flexibility index (Phi) is 6.61. The van der Waals surface area contributed by atoms with Gasteiger partial charge < -0.3 is 18.9 Å². The zero-order valence-electron chi connectivity index (χ0n) is 15.5. The second-order valence-electron chi connectivity index (χ2n) is 7.22. The first-order valence-electron chi connectivity index (χ1n) is 9.46. The molecule has 4 nitrogen and oxygen atoms in total. The number of alkyl halides is 1. The summed E-state index contributed by atoms with van der Waals surface area (Å²) in [6.45, 7) is 3.87. The Hall–Kier alpha value is -1.08. The fourth-order valence-corrected chi connectivity index (χ4v) is 3.29. The van der Waals surface area contributed by atoms with E-state index in [1.54, 1.807) is 13.0 Å². The van der Waals surface area contributed by atoms with E-state index >= 15 is 0 Å². The highest BCUT2D eigenvalue weighted by atomic mass is 19.1. The predicted octanol–water partition coefficient (Wildman–Crippen LogP) is 4.32. The number of ether oxygens (including phenoxy) is 4. The predicted molar refractivity (Wildman–Crippen MR) is 93.0 cm³/mol. The third-order valence-electron chi connectivity index (χ3n) is 5.26. The summed E-state index contributed by atoms with van der Waals surface area (Å²) in [5.74, 6) is 0.0584. The molecule has 2 aliphatic rings. The lowest BCUT2D eigenvalue weighted by Crippen LogP contribution is -2.45. The first-order valence-corrected chi connectivity index (χ1v) is 9.46. The maximum atomic E-state index is 14.0. The molecule has 0 spiro atoms. The molecular weight excluding hydrogens is 342 g/mol. The van der Waals surface area contributed by atoms with Gasteiger partial charge in [0.15, 0.2) is 5.67 Å². The number of aryl methyl sites for hydroxylation is 1. The fraction of sp³-hybridized carbons (Fsp3) is 0.700. The van der Waals surface area contributed by atoms with Crippen LogP contribution in [-0.4, -0.2) is 38.6 Å². The second-order valence-corrected chi connectivity index (χ2v) is 7.22. The van der Waals surface area contributed by atoms with E-state index in [1.165, 1.54) is 0 Å². The molecule has 1 aromatic rings. The van der Waals surface area contributed by atoms with Crippen molar-refractivity contribution < 1.29 is 27.7 Å². The summed E-state index contributed by atoms with van der Waals surface area (Å²) in [6, 6.07) is 5.37. The SMILES string of the molecule is CCc1ccc(C2CCC(COC3OCC(F)(CC)CO3)CO2)cc1F. The Balaban J connectivity index is 1.41. The van der Waals surface area contributed by atoms with Gasteiger partial charge in [-0.15, -0.1) is 0 Å². The van der Waals surface area contributed by atoms with Crippen LogP contribution in [0.1, 0.15) is 50.3 Å². The van der Waals surface area contributed by atoms with Crippen LogP contribution < -0.4 is 0 Å². The van der Waals surface area contributed by atoms with Crippen LogP contribution in [0.4, 0.5) is 8.78 Å². The molecule has 2 heterocycles. The summed E-state index contributed by atoms with van der Waals surface area (Å²) in [7, 11) is 0. The molecule has 0 radical (unpaired) electrons. The van der Waals surface area contributed by atoms with Crippen molar-refractivity contribution in [2.75, 3.05) is 26.4 Å². The van der Waals surface area contributed by atoms with Gasteiger partial charge in [0, 0.05) is 5.92 Å². The van der Waals surface area contributed by atoms with Crippen molar-refractivity contribution in [2.24, 2.45) is 5.92 Å². The Morgan fingerprint density at radius 2 is 1.92 bits per heavy atom. The molecule has 0 aromatic heterocycles. The Labute approximate surface area is 153 Å². The van der Waals surface area contributed by atoms with Crippen molar-refractivity contribution in [3.05, 3.63) is 35.1 Å². The summed E-state index contributed by atoms with van der Waals surface area (Å²) in [4.78, 5) is 0. The normalized spacial score (nSPS) is 32.5. The van der Waals surface area contributed by atoms with Gasteiger partial charge in [-0.1, -0.05) is 26.0 Å². The first-order chi connectivity index (χ1) is 12.5. The maximum absolute atomic E-state index is 14.0. The van der Waals surface area contributed by atoms with Gasteiger partial charge in [0.05, 0.1) is 32.5 Å². The number of hydrogen-bond acceptors (Lipinski definition) is 4. The quantitative estimate of drug-likeness (QED) is 0.747. The standard InChI is InChI=1S/C20H28F2O4/c1-3-15-6-7-16(9-17(15)21)18-8-5-14(10-23-18)11-24-19-25-12-20(22,4-2)13-26-19/h6-7,9,14,18-19H,3-5,8,10-13H2,1-2H3. The number of hydrogen-bond donors (Lipinski definition) is 0. The van der Waals surface area contributed by atoms with E-state index in [0.717, 1.165) is 24.0 Å². The first kappa shape index (κ1) is 19.7. The van der Waals surface area contributed by atoms with E-state index in [0.29, 0.717) is 26.1 Å². The van der Waals surface area contributed by atoms with Crippen LogP contribution in [0.2, 0.25) is 0 Å². The molecule has 1 aromatic carbocycles. The number of halogens is 2. The Bertz CT molecular complexity index is 579. The fourth-order valence-electron chi connectivity index (χ4n) is 3.29. The van der Waals surface area contributed by atoms with E-state index in [-0.39, 0.29) is 31.1 Å². The smallest absolute Gasteiger partial charge is 0.271 e. The monoisotopic (exact) mass is 370 g/mol. The van der Waals surface area contributed by atoms with Gasteiger partial charge in [-0.2, -0.15) is 0 Å². The molecule has 146 valence electrons. The van der Waals surface area contributed by atoms with Crippen molar-refractivity contribution in [1.29, 1.82) is 0 Å². The van der Waals surface area contributed by atoms with E-state index < -0.39 is 12.1 Å². The lowest BCUT2D eigenvalue weighted by molar-refractivity contribution is -0.342. The van der Waals surface area contributed by atoms with Crippen LogP contribution >= 0.6 is 0 Å². The highest BCUT2D eigenvalue weighted by molar-refractivity contribution is 5.26. The molecule has 0 aliphatic carbocycles. The average molecular weight is 370 g/mol. The molecule has 2 saturated heterocycles. The minimum atomic E-state index is -1.41. The van der Waals surface area contributed by atoms with E-state index in [4.69, 9.17) is 18.9 Å². The van der Waals surface area contributed by atoms with Crippen LogP contribution in [0.5, 0.6) is 0 Å². The second kappa shape index (κ2) is 8.74. The Morgan fingerprint density at radius 1 is 1.15 bits per heavy atom. The maximum Gasteiger partial charge on any atom is 0.271 e. The van der Waals surface area contributed by atoms with Crippen LogP contribution in [0.3, 0.4) is 0 Å². The minimum absolute atomic E-state index is 0.00325. The molecule has 0 saturated carbocycles. The summed E-state index contributed by atoms with van der Waals surface area (Å²) in [6.07, 6.45) is 2.69. The van der Waals surface area contributed by atoms with Gasteiger partial charge in [0.2, 0.25) is 0 Å². The zero-order chi connectivity index (χ0) is 18.6. The zero-order valence-corrected chi connectivity index (χ0v) is 15.5. The van der Waals surface area contributed by atoms with Crippen molar-refractivity contribution in [3.8, 4) is 0 Å². The minimum Gasteiger partial charge on any atom is -0.373 e. The van der Waals surface area contributed by atoms with Crippen molar-refractivity contribution in [3.63, 3.8) is 0 Å². The summed E-state index contributed by atoms with van der Waals surface area (Å²) >= 11 is 0. The molecule has 2 fully saturated rings. The third kappa shape index (κ3) is 4.80. The van der Waals surface area contributed by atoms with Crippen molar-refractivity contribution in [1.82, 2.24) is 0 Å². The topological polar surface area (TPSA) is 36.9 Å². The van der Waals surface area contributed by atoms with E-state index in [1.807, 2.05) is 19.1 Å². The van der Waals surface area contributed by atoms with Crippen molar-refractivity contribution >= 4 is 0 Å². The van der Waals surface area contributed by atoms with E-state index in [2.05, 4.69) is 0 Å². The molecule has 26 heavy (non-hydrogen) atoms. The lowest BCUT2D eigenvalue weighted by atomic mass is 9.94. The van der Waals surface area contributed by atoms with Crippen LogP contribution in [0, 0.1) is 11.7 Å². The molecular formula is C20H28F2O4. The van der Waals surface area contributed by atoms with Gasteiger partial charge in [0.1, 0.15) is 5.82 Å². The molecule has 2 atom stereocenters. The molecule has 3 rings (SSSR count). The summed E-state index contributed by atoms with van der Waals surface area (Å²) in [5, 5.41) is 0. The molecule has 0 N–H and O–H groups in total. The lowest BCUT2D eigenvalue weighted by Gasteiger charge is -2.34. The Morgan fingerprint density at radius 3 is 2.50 bits per heavy atom. The average Bonchev–Trinajstić information content (AvgIpc) is 2.68. The molecule has 0 bridgehead atoms. The summed E-state index contributed by atoms with van der Waals surface area (Å²) in [5.41, 5.74) is 0.199. The largest absolute Gasteiger partial charge is 0.373 e. The molecule has 6 heteroatoms. The van der Waals surface area contributed by atoms with Crippen molar-refractivity contribution in [2.45, 2.75) is 57.8 Å². The van der Waals surface area contributed by atoms with Crippen LogP contribution in [-0.2, 0) is 25.4 Å². The van der Waals surface area contributed by atoms with Crippen LogP contribution in [0.15, 0.2) is 18.2 Å². The van der Waals surface area contributed by atoms with Gasteiger partial charge in [-0.25, -0.2) is 8.78 Å². The van der Waals surface area contributed by atoms with Gasteiger partial charge in [0.25, 0.3) is 6.48 Å². The highest BCUT2D eigenvalue weighted by Gasteiger charge is 2.36. The number of benzene rings is 1. The van der Waals surface area contributed by atoms with E-state index in [9.17, 15) is 8.78 Å². The van der Waals surface area contributed by atoms with Gasteiger partial charge in [-0.05, 0) is 42.9 Å². The molecule has 2 aliphatic heterocycles. The molecule has 0 amide bonds. The molecule has 2 unspecified atom stereocenters.